The molecular formula is C18H19N3O5S. The van der Waals surface area contributed by atoms with E-state index >= 15 is 0 Å². The van der Waals surface area contributed by atoms with E-state index in [0.717, 1.165) is 18.9 Å². The Hall–Kier alpha value is -2.94. The van der Waals surface area contributed by atoms with Gasteiger partial charge in [-0.3, -0.25) is 19.6 Å². The van der Waals surface area contributed by atoms with Crippen molar-refractivity contribution in [3.63, 3.8) is 0 Å². The van der Waals surface area contributed by atoms with Crippen molar-refractivity contribution in [3.8, 4) is 0 Å². The number of nitrogens with one attached hydrogen (secondary N) is 1. The summed E-state index contributed by atoms with van der Waals surface area (Å²) in [5.74, 6) is -0.253. The molecule has 142 valence electrons. The number of aryl methyl sites for hydroxylation is 1. The Bertz CT molecular complexity index is 998. The maximum atomic E-state index is 12.8. The van der Waals surface area contributed by atoms with E-state index in [1.54, 1.807) is 30.0 Å². The van der Waals surface area contributed by atoms with Gasteiger partial charge in [0.1, 0.15) is 0 Å². The minimum absolute atomic E-state index is 0.146. The van der Waals surface area contributed by atoms with Crippen molar-refractivity contribution in [3.05, 3.63) is 63.7 Å². The summed E-state index contributed by atoms with van der Waals surface area (Å²) in [7, 11) is -4.25. The predicted octanol–water partition coefficient (Wildman–Crippen LogP) is 2.94. The van der Waals surface area contributed by atoms with Crippen LogP contribution in [0.4, 0.5) is 11.4 Å². The van der Waals surface area contributed by atoms with E-state index < -0.39 is 25.5 Å². The number of para-hydroxylation sites is 2. The summed E-state index contributed by atoms with van der Waals surface area (Å²) < 4.78 is 28.1. The van der Waals surface area contributed by atoms with Gasteiger partial charge < -0.3 is 4.90 Å². The lowest BCUT2D eigenvalue weighted by Gasteiger charge is -2.19. The lowest BCUT2D eigenvalue weighted by Crippen LogP contribution is -2.29. The molecule has 2 aromatic rings. The Morgan fingerprint density at radius 2 is 1.78 bits per heavy atom. The maximum Gasteiger partial charge on any atom is 0.289 e. The fourth-order valence-corrected chi connectivity index (χ4v) is 4.42. The van der Waals surface area contributed by atoms with E-state index in [-0.39, 0.29) is 17.2 Å². The van der Waals surface area contributed by atoms with Crippen molar-refractivity contribution in [2.24, 2.45) is 0 Å². The van der Waals surface area contributed by atoms with Crippen LogP contribution in [0, 0.1) is 17.0 Å². The molecule has 2 aromatic carbocycles. The molecule has 0 aliphatic carbocycles. The zero-order valence-electron chi connectivity index (χ0n) is 14.7. The van der Waals surface area contributed by atoms with Crippen LogP contribution in [-0.4, -0.2) is 37.2 Å². The highest BCUT2D eigenvalue weighted by Crippen LogP contribution is 2.29. The van der Waals surface area contributed by atoms with Crippen LogP contribution in [0.15, 0.2) is 47.4 Å². The molecular weight excluding hydrogens is 370 g/mol. The lowest BCUT2D eigenvalue weighted by atomic mass is 10.1. The van der Waals surface area contributed by atoms with E-state index in [1.807, 2.05) is 0 Å². The third-order valence-electron chi connectivity index (χ3n) is 4.48. The van der Waals surface area contributed by atoms with Crippen LogP contribution in [0.1, 0.15) is 28.8 Å². The molecule has 0 unspecified atom stereocenters. The number of sulfonamides is 1. The van der Waals surface area contributed by atoms with Crippen LogP contribution in [-0.2, 0) is 10.0 Å². The van der Waals surface area contributed by atoms with Gasteiger partial charge in [0.2, 0.25) is 0 Å². The number of carbonyl (C=O) groups is 1. The van der Waals surface area contributed by atoms with Crippen molar-refractivity contribution in [1.29, 1.82) is 0 Å². The zero-order valence-corrected chi connectivity index (χ0v) is 15.5. The van der Waals surface area contributed by atoms with Crippen molar-refractivity contribution >= 4 is 27.3 Å². The minimum Gasteiger partial charge on any atom is -0.339 e. The van der Waals surface area contributed by atoms with Crippen molar-refractivity contribution in [2.45, 2.75) is 24.7 Å². The third kappa shape index (κ3) is 3.77. The van der Waals surface area contributed by atoms with Gasteiger partial charge in [0.15, 0.2) is 4.90 Å². The van der Waals surface area contributed by atoms with Gasteiger partial charge in [0.25, 0.3) is 21.6 Å². The summed E-state index contributed by atoms with van der Waals surface area (Å²) in [4.78, 5) is 24.5. The predicted molar refractivity (Wildman–Crippen MR) is 100 cm³/mol. The van der Waals surface area contributed by atoms with Gasteiger partial charge in [0.05, 0.1) is 16.2 Å². The summed E-state index contributed by atoms with van der Waals surface area (Å²) in [6, 6.07) is 10.0. The number of nitro groups is 1. The molecule has 0 spiro atoms. The molecule has 3 rings (SSSR count). The third-order valence-corrected chi connectivity index (χ3v) is 5.88. The fourth-order valence-electron chi connectivity index (χ4n) is 3.10. The van der Waals surface area contributed by atoms with Crippen LogP contribution < -0.4 is 4.72 Å². The Labute approximate surface area is 157 Å². The van der Waals surface area contributed by atoms with Crippen LogP contribution in [0.5, 0.6) is 0 Å². The number of amides is 1. The van der Waals surface area contributed by atoms with E-state index in [9.17, 15) is 23.3 Å². The SMILES string of the molecule is Cc1cccc(C(=O)N2CCCC2)c1NS(=O)(=O)c1ccccc1[N+](=O)[O-]. The number of hydrogen-bond donors (Lipinski definition) is 1. The number of carbonyl (C=O) groups excluding carboxylic acids is 1. The fraction of sp³-hybridized carbons (Fsp3) is 0.278. The van der Waals surface area contributed by atoms with Crippen LogP contribution in [0.2, 0.25) is 0 Å². The first kappa shape index (κ1) is 18.8. The Kier molecular flexibility index (Phi) is 5.13. The lowest BCUT2D eigenvalue weighted by molar-refractivity contribution is -0.387. The summed E-state index contributed by atoms with van der Waals surface area (Å²) in [6.07, 6.45) is 1.82. The monoisotopic (exact) mass is 389 g/mol. The van der Waals surface area contributed by atoms with E-state index in [4.69, 9.17) is 0 Å². The molecule has 9 heteroatoms. The topological polar surface area (TPSA) is 110 Å². The number of rotatable bonds is 5. The largest absolute Gasteiger partial charge is 0.339 e. The standard InChI is InChI=1S/C18H19N3O5S/c1-13-7-6-8-14(18(22)20-11-4-5-12-20)17(13)19-27(25,26)16-10-3-2-9-15(16)21(23)24/h2-3,6-10,19H,4-5,11-12H2,1H3. The Morgan fingerprint density at radius 1 is 1.11 bits per heavy atom. The highest BCUT2D eigenvalue weighted by Gasteiger charge is 2.28. The first-order valence-electron chi connectivity index (χ1n) is 8.46. The molecule has 1 saturated heterocycles. The summed E-state index contributed by atoms with van der Waals surface area (Å²) >= 11 is 0. The molecule has 1 aliphatic heterocycles. The highest BCUT2D eigenvalue weighted by molar-refractivity contribution is 7.92. The van der Waals surface area contributed by atoms with Crippen LogP contribution >= 0.6 is 0 Å². The van der Waals surface area contributed by atoms with E-state index in [2.05, 4.69) is 4.72 Å². The second-order valence-electron chi connectivity index (χ2n) is 6.33. The molecule has 0 atom stereocenters. The first-order chi connectivity index (χ1) is 12.8. The summed E-state index contributed by atoms with van der Waals surface area (Å²) in [5, 5.41) is 11.2. The molecule has 1 aliphatic rings. The van der Waals surface area contributed by atoms with Gasteiger partial charge in [-0.2, -0.15) is 0 Å². The smallest absolute Gasteiger partial charge is 0.289 e. The van der Waals surface area contributed by atoms with Gasteiger partial charge in [-0.25, -0.2) is 8.42 Å². The molecule has 1 fully saturated rings. The number of hydrogen-bond acceptors (Lipinski definition) is 5. The second-order valence-corrected chi connectivity index (χ2v) is 7.98. The molecule has 0 bridgehead atoms. The minimum atomic E-state index is -4.25. The molecule has 1 N–H and O–H groups in total. The van der Waals surface area contributed by atoms with Gasteiger partial charge in [-0.05, 0) is 37.5 Å². The van der Waals surface area contributed by atoms with Gasteiger partial charge in [-0.15, -0.1) is 0 Å². The number of likely N-dealkylation sites (tertiary alicyclic amines) is 1. The molecule has 0 aromatic heterocycles. The highest BCUT2D eigenvalue weighted by atomic mass is 32.2. The van der Waals surface area contributed by atoms with Crippen molar-refractivity contribution in [1.82, 2.24) is 4.90 Å². The van der Waals surface area contributed by atoms with Gasteiger partial charge in [0, 0.05) is 19.2 Å². The molecule has 0 radical (unpaired) electrons. The number of nitrogens with zero attached hydrogens (tertiary/aromatic N) is 2. The summed E-state index contributed by atoms with van der Waals surface area (Å²) in [5.41, 5.74) is 0.416. The molecule has 8 nitrogen and oxygen atoms in total. The van der Waals surface area contributed by atoms with Crippen molar-refractivity contribution in [2.75, 3.05) is 17.8 Å². The zero-order chi connectivity index (χ0) is 19.6. The number of benzene rings is 2. The molecule has 0 saturated carbocycles. The molecule has 27 heavy (non-hydrogen) atoms. The Balaban J connectivity index is 2.03. The second kappa shape index (κ2) is 7.36. The molecule has 1 heterocycles. The number of nitro benzene ring substituents is 1. The average Bonchev–Trinajstić information content (AvgIpc) is 3.17. The van der Waals surface area contributed by atoms with Crippen LogP contribution in [0.3, 0.4) is 0 Å². The van der Waals surface area contributed by atoms with Gasteiger partial charge in [-0.1, -0.05) is 24.3 Å². The van der Waals surface area contributed by atoms with E-state index in [0.29, 0.717) is 18.7 Å². The molecule has 1 amide bonds. The quantitative estimate of drug-likeness (QED) is 0.624. The van der Waals surface area contributed by atoms with Crippen LogP contribution in [0.25, 0.3) is 0 Å². The normalized spacial score (nSPS) is 14.2. The first-order valence-corrected chi connectivity index (χ1v) is 9.95. The summed E-state index contributed by atoms with van der Waals surface area (Å²) in [6.45, 7) is 2.93. The number of anilines is 1. The van der Waals surface area contributed by atoms with Gasteiger partial charge >= 0.3 is 0 Å². The average molecular weight is 389 g/mol. The maximum absolute atomic E-state index is 12.8. The Morgan fingerprint density at radius 3 is 2.44 bits per heavy atom. The van der Waals surface area contributed by atoms with Crippen molar-refractivity contribution < 1.29 is 18.1 Å². The van der Waals surface area contributed by atoms with E-state index in [1.165, 1.54) is 18.2 Å².